The quantitative estimate of drug-likeness (QED) is 0.534. The Bertz CT molecular complexity index is 406. The average Bonchev–Trinajstić information content (AvgIpc) is 2.95. The van der Waals surface area contributed by atoms with Crippen molar-refractivity contribution in [2.24, 2.45) is 11.8 Å². The van der Waals surface area contributed by atoms with Crippen molar-refractivity contribution in [2.75, 3.05) is 24.0 Å². The molecule has 1 aliphatic rings. The SMILES string of the molecule is CCCc1c(NN)ncnc1NC(C)C1CCOC1. The molecule has 1 aromatic rings. The number of hydrazine groups is 1. The van der Waals surface area contributed by atoms with E-state index in [9.17, 15) is 0 Å². The zero-order valence-corrected chi connectivity index (χ0v) is 11.6. The fourth-order valence-corrected chi connectivity index (χ4v) is 2.43. The van der Waals surface area contributed by atoms with Crippen LogP contribution in [-0.4, -0.2) is 29.2 Å². The lowest BCUT2D eigenvalue weighted by molar-refractivity contribution is 0.183. The molecule has 0 spiro atoms. The summed E-state index contributed by atoms with van der Waals surface area (Å²) in [5.74, 6) is 7.64. The van der Waals surface area contributed by atoms with Crippen LogP contribution in [0.2, 0.25) is 0 Å². The number of hydrogen-bond donors (Lipinski definition) is 3. The maximum absolute atomic E-state index is 5.51. The zero-order chi connectivity index (χ0) is 13.7. The van der Waals surface area contributed by atoms with Crippen LogP contribution >= 0.6 is 0 Å². The first kappa shape index (κ1) is 14.0. The number of aromatic nitrogens is 2. The lowest BCUT2D eigenvalue weighted by atomic mass is 10.0. The van der Waals surface area contributed by atoms with E-state index in [1.165, 1.54) is 6.33 Å². The number of nitrogens with one attached hydrogen (secondary N) is 2. The molecule has 19 heavy (non-hydrogen) atoms. The summed E-state index contributed by atoms with van der Waals surface area (Å²) in [6.45, 7) is 5.99. The fourth-order valence-electron chi connectivity index (χ4n) is 2.43. The third kappa shape index (κ3) is 3.33. The molecular formula is C13H23N5O. The molecule has 2 heterocycles. The Balaban J connectivity index is 2.13. The molecule has 1 saturated heterocycles. The maximum atomic E-state index is 5.51. The summed E-state index contributed by atoms with van der Waals surface area (Å²) in [7, 11) is 0. The third-order valence-electron chi connectivity index (χ3n) is 3.62. The van der Waals surface area contributed by atoms with E-state index in [-0.39, 0.29) is 0 Å². The average molecular weight is 265 g/mol. The van der Waals surface area contributed by atoms with Crippen molar-refractivity contribution in [3.8, 4) is 0 Å². The number of nitrogens with zero attached hydrogens (tertiary/aromatic N) is 2. The number of hydrogen-bond acceptors (Lipinski definition) is 6. The summed E-state index contributed by atoms with van der Waals surface area (Å²) in [5.41, 5.74) is 3.70. The number of nitrogen functional groups attached to an aromatic ring is 1. The summed E-state index contributed by atoms with van der Waals surface area (Å²) in [5, 5.41) is 3.49. The Morgan fingerprint density at radius 3 is 2.89 bits per heavy atom. The predicted molar refractivity (Wildman–Crippen MR) is 75.8 cm³/mol. The molecular weight excluding hydrogens is 242 g/mol. The predicted octanol–water partition coefficient (Wildman–Crippen LogP) is 1.55. The Hall–Kier alpha value is -1.40. The molecule has 0 aromatic carbocycles. The molecule has 0 saturated carbocycles. The van der Waals surface area contributed by atoms with Crippen molar-refractivity contribution in [1.29, 1.82) is 0 Å². The van der Waals surface area contributed by atoms with Gasteiger partial charge in [0.15, 0.2) is 0 Å². The van der Waals surface area contributed by atoms with Crippen LogP contribution in [0.1, 0.15) is 32.3 Å². The van der Waals surface area contributed by atoms with Gasteiger partial charge in [-0.25, -0.2) is 15.8 Å². The molecule has 6 heteroatoms. The van der Waals surface area contributed by atoms with E-state index in [1.54, 1.807) is 0 Å². The van der Waals surface area contributed by atoms with Crippen LogP contribution in [-0.2, 0) is 11.2 Å². The highest BCUT2D eigenvalue weighted by atomic mass is 16.5. The molecule has 2 rings (SSSR count). The van der Waals surface area contributed by atoms with E-state index in [0.717, 1.165) is 43.9 Å². The van der Waals surface area contributed by atoms with E-state index in [4.69, 9.17) is 10.6 Å². The van der Waals surface area contributed by atoms with Gasteiger partial charge in [-0.15, -0.1) is 0 Å². The highest BCUT2D eigenvalue weighted by Crippen LogP contribution is 2.24. The van der Waals surface area contributed by atoms with Crippen LogP contribution in [0.15, 0.2) is 6.33 Å². The van der Waals surface area contributed by atoms with Gasteiger partial charge >= 0.3 is 0 Å². The number of rotatable bonds is 6. The van der Waals surface area contributed by atoms with E-state index >= 15 is 0 Å². The normalized spacial score (nSPS) is 20.3. The maximum Gasteiger partial charge on any atom is 0.148 e. The summed E-state index contributed by atoms with van der Waals surface area (Å²) >= 11 is 0. The molecule has 1 fully saturated rings. The molecule has 0 bridgehead atoms. The second kappa shape index (κ2) is 6.68. The van der Waals surface area contributed by atoms with Gasteiger partial charge in [0.25, 0.3) is 0 Å². The van der Waals surface area contributed by atoms with E-state index in [0.29, 0.717) is 17.8 Å². The number of nitrogens with two attached hydrogens (primary N) is 1. The van der Waals surface area contributed by atoms with Gasteiger partial charge in [0, 0.05) is 24.1 Å². The molecule has 0 radical (unpaired) electrons. The van der Waals surface area contributed by atoms with Crippen LogP contribution in [0.4, 0.5) is 11.6 Å². The zero-order valence-electron chi connectivity index (χ0n) is 11.6. The van der Waals surface area contributed by atoms with Gasteiger partial charge in [-0.3, -0.25) is 0 Å². The van der Waals surface area contributed by atoms with Crippen LogP contribution in [0, 0.1) is 5.92 Å². The van der Waals surface area contributed by atoms with Crippen LogP contribution in [0.5, 0.6) is 0 Å². The minimum atomic E-state index is 0.332. The third-order valence-corrected chi connectivity index (χ3v) is 3.62. The van der Waals surface area contributed by atoms with Crippen LogP contribution < -0.4 is 16.6 Å². The summed E-state index contributed by atoms with van der Waals surface area (Å²) < 4.78 is 5.43. The van der Waals surface area contributed by atoms with Gasteiger partial charge in [-0.1, -0.05) is 13.3 Å². The van der Waals surface area contributed by atoms with Gasteiger partial charge in [0.1, 0.15) is 18.0 Å². The van der Waals surface area contributed by atoms with Crippen molar-refractivity contribution in [3.63, 3.8) is 0 Å². The largest absolute Gasteiger partial charge is 0.381 e. The number of anilines is 2. The first-order chi connectivity index (χ1) is 9.26. The second-order valence-electron chi connectivity index (χ2n) is 5.00. The topological polar surface area (TPSA) is 85.1 Å². The first-order valence-electron chi connectivity index (χ1n) is 6.91. The Morgan fingerprint density at radius 1 is 1.47 bits per heavy atom. The van der Waals surface area contributed by atoms with Crippen molar-refractivity contribution >= 4 is 11.6 Å². The Kier molecular flexibility index (Phi) is 4.93. The van der Waals surface area contributed by atoms with Crippen LogP contribution in [0.25, 0.3) is 0 Å². The van der Waals surface area contributed by atoms with Crippen molar-refractivity contribution in [2.45, 2.75) is 39.2 Å². The Labute approximate surface area is 114 Å². The first-order valence-corrected chi connectivity index (χ1v) is 6.91. The minimum Gasteiger partial charge on any atom is -0.381 e. The Morgan fingerprint density at radius 2 is 2.26 bits per heavy atom. The van der Waals surface area contributed by atoms with Gasteiger partial charge in [0.05, 0.1) is 6.61 Å². The highest BCUT2D eigenvalue weighted by molar-refractivity contribution is 5.57. The molecule has 2 atom stereocenters. The van der Waals surface area contributed by atoms with Gasteiger partial charge < -0.3 is 15.5 Å². The summed E-state index contributed by atoms with van der Waals surface area (Å²) in [4.78, 5) is 8.53. The highest BCUT2D eigenvalue weighted by Gasteiger charge is 2.23. The summed E-state index contributed by atoms with van der Waals surface area (Å²) in [6.07, 6.45) is 4.56. The minimum absolute atomic E-state index is 0.332. The molecule has 1 aromatic heterocycles. The van der Waals surface area contributed by atoms with E-state index < -0.39 is 0 Å². The molecule has 0 aliphatic carbocycles. The molecule has 1 aliphatic heterocycles. The lowest BCUT2D eigenvalue weighted by Gasteiger charge is -2.22. The fraction of sp³-hybridized carbons (Fsp3) is 0.692. The second-order valence-corrected chi connectivity index (χ2v) is 5.00. The van der Waals surface area contributed by atoms with E-state index in [2.05, 4.69) is 34.6 Å². The van der Waals surface area contributed by atoms with Gasteiger partial charge in [-0.2, -0.15) is 0 Å². The summed E-state index contributed by atoms with van der Waals surface area (Å²) in [6, 6.07) is 0.332. The van der Waals surface area contributed by atoms with Crippen molar-refractivity contribution < 1.29 is 4.74 Å². The molecule has 6 nitrogen and oxygen atoms in total. The monoisotopic (exact) mass is 265 g/mol. The number of ether oxygens (including phenoxy) is 1. The molecule has 4 N–H and O–H groups in total. The van der Waals surface area contributed by atoms with Crippen molar-refractivity contribution in [1.82, 2.24) is 9.97 Å². The molecule has 2 unspecified atom stereocenters. The van der Waals surface area contributed by atoms with E-state index in [1.807, 2.05) is 0 Å². The van der Waals surface area contributed by atoms with Gasteiger partial charge in [0.2, 0.25) is 0 Å². The standard InChI is InChI=1S/C13H23N5O/c1-3-4-11-12(15-8-16-13(11)18-14)17-9(2)10-5-6-19-7-10/h8-10H,3-7,14H2,1-2H3,(H2,15,16,17,18). The molecule has 0 amide bonds. The van der Waals surface area contributed by atoms with Gasteiger partial charge in [-0.05, 0) is 19.8 Å². The lowest BCUT2D eigenvalue weighted by Crippen LogP contribution is -2.27. The van der Waals surface area contributed by atoms with Crippen molar-refractivity contribution in [3.05, 3.63) is 11.9 Å². The van der Waals surface area contributed by atoms with Crippen LogP contribution in [0.3, 0.4) is 0 Å². The smallest absolute Gasteiger partial charge is 0.148 e. The molecule has 106 valence electrons.